The smallest absolute Gasteiger partial charge is 0.311 e. The summed E-state index contributed by atoms with van der Waals surface area (Å²) in [5.41, 5.74) is -0.285. The molecule has 0 aliphatic heterocycles. The first-order valence-electron chi connectivity index (χ1n) is 5.87. The van der Waals surface area contributed by atoms with Gasteiger partial charge in [0.15, 0.2) is 5.75 Å². The molecule has 114 valence electrons. The highest BCUT2D eigenvalue weighted by molar-refractivity contribution is 9.10. The van der Waals surface area contributed by atoms with Crippen LogP contribution in [0.1, 0.15) is 10.4 Å². The zero-order valence-corrected chi connectivity index (χ0v) is 12.8. The monoisotopic (exact) mass is 369 g/mol. The van der Waals surface area contributed by atoms with Gasteiger partial charge in [0.25, 0.3) is 5.91 Å². The summed E-state index contributed by atoms with van der Waals surface area (Å²) < 4.78 is 18.0. The van der Waals surface area contributed by atoms with E-state index in [1.807, 2.05) is 0 Å². The highest BCUT2D eigenvalue weighted by atomic mass is 79.9. The SMILES string of the molecule is COc1ccc(C(=O)Nc2ncc(F)cc2Br)cc1[N+](=O)[O-]. The maximum atomic E-state index is 12.9. The number of hydrogen-bond acceptors (Lipinski definition) is 5. The second-order valence-electron chi connectivity index (χ2n) is 4.08. The second-order valence-corrected chi connectivity index (χ2v) is 4.94. The minimum atomic E-state index is -0.651. The van der Waals surface area contributed by atoms with Gasteiger partial charge in [0.1, 0.15) is 11.6 Å². The standard InChI is InChI=1S/C13H9BrFN3O4/c1-22-11-3-2-7(4-10(11)18(20)21)13(19)17-12-9(14)5-8(15)6-16-12/h2-6H,1H3,(H,16,17,19). The van der Waals surface area contributed by atoms with Crippen molar-refractivity contribution in [3.63, 3.8) is 0 Å². The fourth-order valence-corrected chi connectivity index (χ4v) is 2.08. The molecule has 1 N–H and O–H groups in total. The molecule has 0 bridgehead atoms. The molecular weight excluding hydrogens is 361 g/mol. The lowest BCUT2D eigenvalue weighted by Gasteiger charge is -2.07. The third-order valence-corrected chi connectivity index (χ3v) is 3.28. The molecule has 1 amide bonds. The number of rotatable bonds is 4. The van der Waals surface area contributed by atoms with E-state index in [-0.39, 0.29) is 27.3 Å². The van der Waals surface area contributed by atoms with Gasteiger partial charge in [-0.2, -0.15) is 0 Å². The lowest BCUT2D eigenvalue weighted by atomic mass is 10.1. The van der Waals surface area contributed by atoms with Crippen LogP contribution in [-0.2, 0) is 0 Å². The molecule has 0 atom stereocenters. The van der Waals surface area contributed by atoms with Crippen molar-refractivity contribution in [1.82, 2.24) is 4.98 Å². The predicted molar refractivity (Wildman–Crippen MR) is 79.5 cm³/mol. The molecule has 0 aliphatic rings. The molecule has 0 saturated heterocycles. The summed E-state index contributed by atoms with van der Waals surface area (Å²) in [6.45, 7) is 0. The predicted octanol–water partition coefficient (Wildman–Crippen LogP) is 3.15. The zero-order valence-electron chi connectivity index (χ0n) is 11.2. The average Bonchev–Trinajstić information content (AvgIpc) is 2.49. The van der Waals surface area contributed by atoms with E-state index in [2.05, 4.69) is 26.2 Å². The largest absolute Gasteiger partial charge is 0.490 e. The summed E-state index contributed by atoms with van der Waals surface area (Å²) in [4.78, 5) is 26.1. The van der Waals surface area contributed by atoms with E-state index in [1.54, 1.807) is 0 Å². The first-order valence-corrected chi connectivity index (χ1v) is 6.66. The Kier molecular flexibility index (Phi) is 4.66. The number of carbonyl (C=O) groups is 1. The van der Waals surface area contributed by atoms with E-state index in [0.717, 1.165) is 18.3 Å². The number of anilines is 1. The van der Waals surface area contributed by atoms with Crippen LogP contribution in [0, 0.1) is 15.9 Å². The Hall–Kier alpha value is -2.55. The maximum absolute atomic E-state index is 12.9. The Morgan fingerprint density at radius 1 is 1.45 bits per heavy atom. The third-order valence-electron chi connectivity index (χ3n) is 2.68. The molecule has 0 saturated carbocycles. The van der Waals surface area contributed by atoms with Gasteiger partial charge in [0, 0.05) is 11.6 Å². The molecule has 1 aromatic heterocycles. The molecule has 0 radical (unpaired) electrons. The first kappa shape index (κ1) is 15.8. The van der Waals surface area contributed by atoms with Crippen molar-refractivity contribution >= 4 is 33.3 Å². The van der Waals surface area contributed by atoms with Crippen LogP contribution < -0.4 is 10.1 Å². The van der Waals surface area contributed by atoms with Crippen LogP contribution in [-0.4, -0.2) is 22.9 Å². The number of benzene rings is 1. The Morgan fingerprint density at radius 2 is 2.18 bits per heavy atom. The van der Waals surface area contributed by atoms with Crippen LogP contribution in [0.25, 0.3) is 0 Å². The summed E-state index contributed by atoms with van der Waals surface area (Å²) in [6, 6.07) is 4.92. The number of amides is 1. The van der Waals surface area contributed by atoms with Crippen LogP contribution in [0.5, 0.6) is 5.75 Å². The van der Waals surface area contributed by atoms with Crippen molar-refractivity contribution in [2.24, 2.45) is 0 Å². The minimum absolute atomic E-state index is 0.0441. The lowest BCUT2D eigenvalue weighted by Crippen LogP contribution is -2.14. The van der Waals surface area contributed by atoms with Crippen LogP contribution in [0.2, 0.25) is 0 Å². The van der Waals surface area contributed by atoms with Gasteiger partial charge in [-0.25, -0.2) is 9.37 Å². The summed E-state index contributed by atoms with van der Waals surface area (Å²) in [7, 11) is 1.29. The quantitative estimate of drug-likeness (QED) is 0.659. The van der Waals surface area contributed by atoms with Gasteiger partial charge in [-0.3, -0.25) is 14.9 Å². The van der Waals surface area contributed by atoms with E-state index >= 15 is 0 Å². The molecule has 0 aliphatic carbocycles. The number of halogens is 2. The minimum Gasteiger partial charge on any atom is -0.490 e. The topological polar surface area (TPSA) is 94.4 Å². The van der Waals surface area contributed by atoms with E-state index in [4.69, 9.17) is 4.74 Å². The molecule has 2 rings (SSSR count). The number of hydrogen-bond donors (Lipinski definition) is 1. The Morgan fingerprint density at radius 3 is 2.77 bits per heavy atom. The summed E-state index contributed by atoms with van der Waals surface area (Å²) in [6.07, 6.45) is 0.941. The fraction of sp³-hybridized carbons (Fsp3) is 0.0769. The average molecular weight is 370 g/mol. The van der Waals surface area contributed by atoms with E-state index in [0.29, 0.717) is 0 Å². The van der Waals surface area contributed by atoms with Gasteiger partial charge in [-0.05, 0) is 34.1 Å². The van der Waals surface area contributed by atoms with Crippen molar-refractivity contribution in [2.45, 2.75) is 0 Å². The van der Waals surface area contributed by atoms with Crippen molar-refractivity contribution < 1.29 is 18.8 Å². The first-order chi connectivity index (χ1) is 10.4. The number of nitro groups is 1. The van der Waals surface area contributed by atoms with Crippen LogP contribution >= 0.6 is 15.9 Å². The van der Waals surface area contributed by atoms with Crippen LogP contribution in [0.3, 0.4) is 0 Å². The van der Waals surface area contributed by atoms with E-state index in [9.17, 15) is 19.3 Å². The summed E-state index contributed by atoms with van der Waals surface area (Å²) in [5.74, 6) is -1.04. The molecule has 7 nitrogen and oxygen atoms in total. The second kappa shape index (κ2) is 6.48. The molecule has 0 fully saturated rings. The number of pyridine rings is 1. The number of aromatic nitrogens is 1. The van der Waals surface area contributed by atoms with E-state index < -0.39 is 16.6 Å². The fourth-order valence-electron chi connectivity index (χ4n) is 1.66. The Labute approximate surface area is 132 Å². The Bertz CT molecular complexity index is 754. The maximum Gasteiger partial charge on any atom is 0.311 e. The highest BCUT2D eigenvalue weighted by Gasteiger charge is 2.19. The zero-order chi connectivity index (χ0) is 16.3. The van der Waals surface area contributed by atoms with Gasteiger partial charge < -0.3 is 10.1 Å². The molecule has 0 spiro atoms. The van der Waals surface area contributed by atoms with Crippen molar-refractivity contribution in [3.05, 3.63) is 56.4 Å². The van der Waals surface area contributed by atoms with Crippen LogP contribution in [0.4, 0.5) is 15.9 Å². The molecule has 1 aromatic carbocycles. The van der Waals surface area contributed by atoms with Crippen molar-refractivity contribution in [3.8, 4) is 5.75 Å². The van der Waals surface area contributed by atoms with Gasteiger partial charge in [-0.1, -0.05) is 0 Å². The summed E-state index contributed by atoms with van der Waals surface area (Å²) >= 11 is 3.06. The number of carbonyl (C=O) groups excluding carboxylic acids is 1. The summed E-state index contributed by atoms with van der Waals surface area (Å²) in [5, 5.41) is 13.4. The molecule has 0 unspecified atom stereocenters. The van der Waals surface area contributed by atoms with E-state index in [1.165, 1.54) is 19.2 Å². The molecule has 1 heterocycles. The van der Waals surface area contributed by atoms with Gasteiger partial charge in [0.2, 0.25) is 0 Å². The molecule has 22 heavy (non-hydrogen) atoms. The number of ether oxygens (including phenoxy) is 1. The molecular formula is C13H9BrFN3O4. The van der Waals surface area contributed by atoms with Gasteiger partial charge >= 0.3 is 5.69 Å². The highest BCUT2D eigenvalue weighted by Crippen LogP contribution is 2.28. The van der Waals surface area contributed by atoms with Crippen molar-refractivity contribution in [2.75, 3.05) is 12.4 Å². The van der Waals surface area contributed by atoms with Crippen molar-refractivity contribution in [1.29, 1.82) is 0 Å². The third kappa shape index (κ3) is 3.37. The van der Waals surface area contributed by atoms with Gasteiger partial charge in [0.05, 0.1) is 22.7 Å². The number of methoxy groups -OCH3 is 1. The van der Waals surface area contributed by atoms with Crippen LogP contribution in [0.15, 0.2) is 34.9 Å². The molecule has 2 aromatic rings. The molecule has 9 heteroatoms. The normalized spacial score (nSPS) is 10.1. The lowest BCUT2D eigenvalue weighted by molar-refractivity contribution is -0.385. The Balaban J connectivity index is 2.30. The van der Waals surface area contributed by atoms with Gasteiger partial charge in [-0.15, -0.1) is 0 Å². The number of nitro benzene ring substituents is 1. The number of nitrogens with one attached hydrogen (secondary N) is 1. The number of nitrogens with zero attached hydrogens (tertiary/aromatic N) is 2.